The van der Waals surface area contributed by atoms with Gasteiger partial charge in [0.25, 0.3) is 5.91 Å². The van der Waals surface area contributed by atoms with Crippen LogP contribution in [0.2, 0.25) is 0 Å². The van der Waals surface area contributed by atoms with E-state index in [1.165, 1.54) is 12.3 Å². The molecule has 0 spiro atoms. The van der Waals surface area contributed by atoms with Gasteiger partial charge in [0, 0.05) is 29.8 Å². The van der Waals surface area contributed by atoms with E-state index in [0.29, 0.717) is 29.2 Å². The largest absolute Gasteiger partial charge is 0.494 e. The molecule has 1 aliphatic heterocycles. The molecule has 1 fully saturated rings. The van der Waals surface area contributed by atoms with Crippen LogP contribution in [0.1, 0.15) is 55.5 Å². The molecular formula is C26H30F2N4O2. The van der Waals surface area contributed by atoms with Crippen LogP contribution in [-0.2, 0) is 0 Å². The van der Waals surface area contributed by atoms with Gasteiger partial charge in [0.05, 0.1) is 29.1 Å². The molecule has 0 radical (unpaired) electrons. The summed E-state index contributed by atoms with van der Waals surface area (Å²) in [6, 6.07) is 7.56. The second-order valence-corrected chi connectivity index (χ2v) is 8.90. The number of aromatic nitrogens is 1. The number of piperidine rings is 1. The first kappa shape index (κ1) is 23.9. The number of pyridine rings is 1. The lowest BCUT2D eigenvalue weighted by molar-refractivity contribution is 0.100. The maximum Gasteiger partial charge on any atom is 0.252 e. The molecule has 34 heavy (non-hydrogen) atoms. The highest BCUT2D eigenvalue weighted by Gasteiger charge is 2.26. The van der Waals surface area contributed by atoms with Crippen molar-refractivity contribution in [2.24, 2.45) is 5.73 Å². The van der Waals surface area contributed by atoms with E-state index in [-0.39, 0.29) is 17.2 Å². The van der Waals surface area contributed by atoms with Crippen molar-refractivity contribution in [2.75, 3.05) is 25.0 Å². The Balaban J connectivity index is 1.83. The predicted molar refractivity (Wildman–Crippen MR) is 130 cm³/mol. The molecule has 6 nitrogen and oxygen atoms in total. The number of nitrogens with one attached hydrogen (secondary N) is 1. The highest BCUT2D eigenvalue weighted by molar-refractivity contribution is 6.07. The van der Waals surface area contributed by atoms with Crippen LogP contribution in [0.5, 0.6) is 5.75 Å². The number of halogens is 2. The monoisotopic (exact) mass is 468 g/mol. The molecule has 1 aliphatic rings. The van der Waals surface area contributed by atoms with Gasteiger partial charge in [0.1, 0.15) is 17.4 Å². The van der Waals surface area contributed by atoms with Gasteiger partial charge in [-0.1, -0.05) is 0 Å². The number of carbonyl (C=O) groups excluding carboxylic acids is 1. The maximum absolute atomic E-state index is 14.4. The second-order valence-electron chi connectivity index (χ2n) is 8.90. The molecule has 0 saturated carbocycles. The Morgan fingerprint density at radius 1 is 1.24 bits per heavy atom. The Labute approximate surface area is 198 Å². The fourth-order valence-corrected chi connectivity index (χ4v) is 4.61. The number of hydrogen-bond acceptors (Lipinski definition) is 5. The van der Waals surface area contributed by atoms with Crippen LogP contribution in [0, 0.1) is 11.6 Å². The summed E-state index contributed by atoms with van der Waals surface area (Å²) in [5.74, 6) is -1.12. The van der Waals surface area contributed by atoms with E-state index in [0.717, 1.165) is 49.4 Å². The van der Waals surface area contributed by atoms with E-state index >= 15 is 0 Å². The summed E-state index contributed by atoms with van der Waals surface area (Å²) in [6.07, 6.45) is 3.31. The van der Waals surface area contributed by atoms with Crippen LogP contribution in [0.4, 0.5) is 20.2 Å². The van der Waals surface area contributed by atoms with Gasteiger partial charge < -0.3 is 20.7 Å². The highest BCUT2D eigenvalue weighted by Crippen LogP contribution is 2.40. The molecule has 1 amide bonds. The van der Waals surface area contributed by atoms with Crippen LogP contribution in [0.3, 0.4) is 0 Å². The van der Waals surface area contributed by atoms with Crippen LogP contribution in [0.25, 0.3) is 10.9 Å². The maximum atomic E-state index is 14.4. The third-order valence-electron chi connectivity index (χ3n) is 6.46. The average molecular weight is 469 g/mol. The van der Waals surface area contributed by atoms with Crippen LogP contribution < -0.4 is 15.8 Å². The predicted octanol–water partition coefficient (Wildman–Crippen LogP) is 5.34. The molecule has 2 heterocycles. The Bertz CT molecular complexity index is 1210. The van der Waals surface area contributed by atoms with E-state index in [1.54, 1.807) is 0 Å². The minimum Gasteiger partial charge on any atom is -0.494 e. The number of nitrogens with two attached hydrogens (primary N) is 1. The lowest BCUT2D eigenvalue weighted by atomic mass is 9.87. The summed E-state index contributed by atoms with van der Waals surface area (Å²) >= 11 is 0. The molecule has 3 N–H and O–H groups in total. The molecule has 4 rings (SSSR count). The quantitative estimate of drug-likeness (QED) is 0.489. The van der Waals surface area contributed by atoms with E-state index in [1.807, 2.05) is 19.1 Å². The van der Waals surface area contributed by atoms with Crippen LogP contribution >= 0.6 is 0 Å². The van der Waals surface area contributed by atoms with E-state index in [9.17, 15) is 13.6 Å². The van der Waals surface area contributed by atoms with Crippen molar-refractivity contribution in [3.05, 3.63) is 59.3 Å². The Morgan fingerprint density at radius 3 is 2.59 bits per heavy atom. The van der Waals surface area contributed by atoms with Crippen molar-refractivity contribution in [3.8, 4) is 5.75 Å². The van der Waals surface area contributed by atoms with Crippen molar-refractivity contribution < 1.29 is 18.3 Å². The number of benzene rings is 2. The van der Waals surface area contributed by atoms with Gasteiger partial charge in [-0.3, -0.25) is 9.78 Å². The number of fused-ring (bicyclic) bond motifs is 1. The zero-order valence-corrected chi connectivity index (χ0v) is 19.7. The Hall–Kier alpha value is -3.26. The van der Waals surface area contributed by atoms with Gasteiger partial charge >= 0.3 is 0 Å². The van der Waals surface area contributed by atoms with Gasteiger partial charge in [0.15, 0.2) is 0 Å². The number of ether oxygens (including phenoxy) is 1. The first-order chi connectivity index (χ1) is 16.3. The van der Waals surface area contributed by atoms with Gasteiger partial charge in [-0.05, 0) is 76.4 Å². The zero-order valence-electron chi connectivity index (χ0n) is 19.7. The summed E-state index contributed by atoms with van der Waals surface area (Å²) < 4.78 is 33.9. The number of carbonyl (C=O) groups is 1. The number of anilines is 2. The number of primary amides is 1. The molecule has 0 unspecified atom stereocenters. The SMILES string of the molecule is CCOc1cc2ncc(C(N)=O)c(Nc3ccc(F)cc3F)c2cc1C1CCN(C(C)C)CC1. The Morgan fingerprint density at radius 2 is 1.97 bits per heavy atom. The van der Waals surface area contributed by atoms with Crippen LogP contribution in [-0.4, -0.2) is 41.5 Å². The molecule has 3 aromatic rings. The van der Waals surface area contributed by atoms with Gasteiger partial charge in [-0.25, -0.2) is 8.78 Å². The summed E-state index contributed by atoms with van der Waals surface area (Å²) in [5.41, 5.74) is 7.74. The van der Waals surface area contributed by atoms with Crippen molar-refractivity contribution in [2.45, 2.75) is 45.6 Å². The van der Waals surface area contributed by atoms with E-state index in [2.05, 4.69) is 29.0 Å². The minimum absolute atomic E-state index is 0.0390. The zero-order chi connectivity index (χ0) is 24.4. The van der Waals surface area contributed by atoms with E-state index < -0.39 is 17.5 Å². The first-order valence-electron chi connectivity index (χ1n) is 11.6. The third-order valence-corrected chi connectivity index (χ3v) is 6.46. The number of likely N-dealkylation sites (tertiary alicyclic amines) is 1. The number of rotatable bonds is 7. The third kappa shape index (κ3) is 4.82. The second kappa shape index (κ2) is 9.93. The average Bonchev–Trinajstić information content (AvgIpc) is 2.80. The summed E-state index contributed by atoms with van der Waals surface area (Å²) in [5, 5.41) is 3.59. The molecule has 180 valence electrons. The summed E-state index contributed by atoms with van der Waals surface area (Å²) in [7, 11) is 0. The normalized spacial score (nSPS) is 15.1. The first-order valence-corrected chi connectivity index (χ1v) is 11.6. The molecular weight excluding hydrogens is 438 g/mol. The number of amides is 1. The summed E-state index contributed by atoms with van der Waals surface area (Å²) in [6.45, 7) is 8.81. The lowest BCUT2D eigenvalue weighted by Gasteiger charge is -2.35. The molecule has 8 heteroatoms. The fraction of sp³-hybridized carbons (Fsp3) is 0.385. The van der Waals surface area contributed by atoms with Crippen molar-refractivity contribution in [1.29, 1.82) is 0 Å². The molecule has 0 aliphatic carbocycles. The van der Waals surface area contributed by atoms with Gasteiger partial charge in [-0.15, -0.1) is 0 Å². The standard InChI is InChI=1S/C26H30F2N4O2/c1-4-34-24-13-23-19(12-18(24)16-7-9-32(10-8-16)15(2)3)25(20(14-30-23)26(29)33)31-22-6-5-17(27)11-21(22)28/h5-6,11-16H,4,7-10H2,1-3H3,(H2,29,33)(H,30,31). The topological polar surface area (TPSA) is 80.5 Å². The van der Waals surface area contributed by atoms with Gasteiger partial charge in [0.2, 0.25) is 0 Å². The highest BCUT2D eigenvalue weighted by atomic mass is 19.1. The lowest BCUT2D eigenvalue weighted by Crippen LogP contribution is -2.37. The van der Waals surface area contributed by atoms with Crippen molar-refractivity contribution in [3.63, 3.8) is 0 Å². The fourth-order valence-electron chi connectivity index (χ4n) is 4.61. The van der Waals surface area contributed by atoms with E-state index in [4.69, 9.17) is 10.5 Å². The molecule has 2 aromatic carbocycles. The number of nitrogens with zero attached hydrogens (tertiary/aromatic N) is 2. The minimum atomic E-state index is -0.771. The molecule has 1 aromatic heterocycles. The Kier molecular flexibility index (Phi) is 6.97. The molecule has 0 bridgehead atoms. The van der Waals surface area contributed by atoms with Crippen molar-refractivity contribution >= 4 is 28.2 Å². The number of hydrogen-bond donors (Lipinski definition) is 2. The smallest absolute Gasteiger partial charge is 0.252 e. The molecule has 0 atom stereocenters. The summed E-state index contributed by atoms with van der Waals surface area (Å²) in [4.78, 5) is 19.1. The molecule has 1 saturated heterocycles. The van der Waals surface area contributed by atoms with Gasteiger partial charge in [-0.2, -0.15) is 0 Å². The van der Waals surface area contributed by atoms with Crippen molar-refractivity contribution in [1.82, 2.24) is 9.88 Å². The van der Waals surface area contributed by atoms with Crippen LogP contribution in [0.15, 0.2) is 36.5 Å².